The van der Waals surface area contributed by atoms with Crippen molar-refractivity contribution in [3.63, 3.8) is 0 Å². The van der Waals surface area contributed by atoms with Crippen molar-refractivity contribution >= 4 is 17.4 Å². The SMILES string of the molecule is C=CCN(CCO)C(=O)NCc1coc(-c2cccs2)n1. The highest BCUT2D eigenvalue weighted by Crippen LogP contribution is 2.23. The zero-order chi connectivity index (χ0) is 15.1. The van der Waals surface area contributed by atoms with Crippen LogP contribution in [0.1, 0.15) is 5.69 Å². The molecule has 2 amide bonds. The number of urea groups is 1. The molecule has 21 heavy (non-hydrogen) atoms. The maximum atomic E-state index is 11.9. The number of aliphatic hydroxyl groups is 1. The number of hydrogen-bond acceptors (Lipinski definition) is 5. The van der Waals surface area contributed by atoms with E-state index in [9.17, 15) is 4.79 Å². The van der Waals surface area contributed by atoms with Crippen LogP contribution in [0.5, 0.6) is 0 Å². The molecule has 0 saturated carbocycles. The first kappa shape index (κ1) is 15.3. The summed E-state index contributed by atoms with van der Waals surface area (Å²) in [7, 11) is 0. The molecule has 0 unspecified atom stereocenters. The van der Waals surface area contributed by atoms with Gasteiger partial charge < -0.3 is 19.7 Å². The molecule has 0 spiro atoms. The highest BCUT2D eigenvalue weighted by atomic mass is 32.1. The molecule has 0 aliphatic rings. The van der Waals surface area contributed by atoms with Gasteiger partial charge in [-0.1, -0.05) is 12.1 Å². The largest absolute Gasteiger partial charge is 0.443 e. The monoisotopic (exact) mass is 307 g/mol. The molecule has 2 heterocycles. The lowest BCUT2D eigenvalue weighted by atomic mass is 10.4. The molecule has 2 rings (SSSR count). The Morgan fingerprint density at radius 1 is 1.62 bits per heavy atom. The Morgan fingerprint density at radius 3 is 3.14 bits per heavy atom. The third-order valence-corrected chi connectivity index (χ3v) is 3.57. The van der Waals surface area contributed by atoms with Gasteiger partial charge >= 0.3 is 6.03 Å². The van der Waals surface area contributed by atoms with Crippen molar-refractivity contribution in [2.24, 2.45) is 0 Å². The summed E-state index contributed by atoms with van der Waals surface area (Å²) in [6, 6.07) is 3.57. The number of oxazole rings is 1. The molecule has 2 aromatic rings. The quantitative estimate of drug-likeness (QED) is 0.768. The van der Waals surface area contributed by atoms with Crippen molar-refractivity contribution in [3.8, 4) is 10.8 Å². The number of thiophene rings is 1. The number of rotatable bonds is 7. The first-order chi connectivity index (χ1) is 10.2. The zero-order valence-electron chi connectivity index (χ0n) is 11.5. The fourth-order valence-corrected chi connectivity index (χ4v) is 2.39. The number of carbonyl (C=O) groups is 1. The van der Waals surface area contributed by atoms with Crippen LogP contribution < -0.4 is 5.32 Å². The minimum Gasteiger partial charge on any atom is -0.443 e. The minimum absolute atomic E-state index is 0.0895. The second-order valence-corrected chi connectivity index (χ2v) is 5.19. The van der Waals surface area contributed by atoms with E-state index >= 15 is 0 Å². The Morgan fingerprint density at radius 2 is 2.48 bits per heavy atom. The van der Waals surface area contributed by atoms with E-state index in [0.717, 1.165) is 4.88 Å². The minimum atomic E-state index is -0.273. The Bertz CT molecular complexity index is 580. The highest BCUT2D eigenvalue weighted by molar-refractivity contribution is 7.13. The normalized spacial score (nSPS) is 10.3. The van der Waals surface area contributed by atoms with Crippen LogP contribution in [0.3, 0.4) is 0 Å². The van der Waals surface area contributed by atoms with E-state index in [4.69, 9.17) is 9.52 Å². The molecule has 0 saturated heterocycles. The van der Waals surface area contributed by atoms with E-state index < -0.39 is 0 Å². The summed E-state index contributed by atoms with van der Waals surface area (Å²) in [6.45, 7) is 4.41. The lowest BCUT2D eigenvalue weighted by molar-refractivity contribution is 0.183. The van der Waals surface area contributed by atoms with Gasteiger partial charge in [-0.2, -0.15) is 0 Å². The maximum absolute atomic E-state index is 11.9. The third-order valence-electron chi connectivity index (χ3n) is 2.71. The Labute approximate surface area is 126 Å². The van der Waals surface area contributed by atoms with Crippen molar-refractivity contribution < 1.29 is 14.3 Å². The van der Waals surface area contributed by atoms with Gasteiger partial charge in [0, 0.05) is 13.1 Å². The van der Waals surface area contributed by atoms with E-state index in [0.29, 0.717) is 18.1 Å². The lowest BCUT2D eigenvalue weighted by Gasteiger charge is -2.19. The van der Waals surface area contributed by atoms with Gasteiger partial charge in [-0.3, -0.25) is 0 Å². The summed E-state index contributed by atoms with van der Waals surface area (Å²) < 4.78 is 5.38. The van der Waals surface area contributed by atoms with Gasteiger partial charge in [0.05, 0.1) is 23.7 Å². The molecule has 0 atom stereocenters. The molecular weight excluding hydrogens is 290 g/mol. The summed E-state index contributed by atoms with van der Waals surface area (Å²) in [6.07, 6.45) is 3.14. The standard InChI is InChI=1S/C14H17N3O3S/c1-2-5-17(6-7-18)14(19)15-9-11-10-20-13(16-11)12-4-3-8-21-12/h2-4,8,10,18H,1,5-7,9H2,(H,15,19). The predicted molar refractivity (Wildman–Crippen MR) is 80.9 cm³/mol. The van der Waals surface area contributed by atoms with Gasteiger partial charge in [0.15, 0.2) is 0 Å². The molecule has 0 aromatic carbocycles. The van der Waals surface area contributed by atoms with Crippen LogP contribution in [-0.2, 0) is 6.54 Å². The topological polar surface area (TPSA) is 78.6 Å². The van der Waals surface area contributed by atoms with E-state index in [1.165, 1.54) is 11.2 Å². The Balaban J connectivity index is 1.90. The molecule has 0 fully saturated rings. The summed E-state index contributed by atoms with van der Waals surface area (Å²) in [4.78, 5) is 18.7. The van der Waals surface area contributed by atoms with Crippen molar-refractivity contribution in [2.45, 2.75) is 6.54 Å². The predicted octanol–water partition coefficient (Wildman–Crippen LogP) is 2.09. The van der Waals surface area contributed by atoms with Crippen LogP contribution in [0.25, 0.3) is 10.8 Å². The summed E-state index contributed by atoms with van der Waals surface area (Å²) >= 11 is 1.54. The van der Waals surface area contributed by atoms with Gasteiger partial charge in [0.2, 0.25) is 5.89 Å². The van der Waals surface area contributed by atoms with Crippen LogP contribution in [0, 0.1) is 0 Å². The van der Waals surface area contributed by atoms with Gasteiger partial charge in [-0.05, 0) is 11.4 Å². The van der Waals surface area contributed by atoms with Crippen molar-refractivity contribution in [1.82, 2.24) is 15.2 Å². The average Bonchev–Trinajstić information content (AvgIpc) is 3.15. The molecule has 7 heteroatoms. The number of aliphatic hydroxyl groups excluding tert-OH is 1. The summed E-state index contributed by atoms with van der Waals surface area (Å²) in [5.41, 5.74) is 0.648. The van der Waals surface area contributed by atoms with Crippen molar-refractivity contribution in [3.05, 3.63) is 42.1 Å². The third kappa shape index (κ3) is 4.17. The average molecular weight is 307 g/mol. The van der Waals surface area contributed by atoms with E-state index in [2.05, 4.69) is 16.9 Å². The molecule has 6 nitrogen and oxygen atoms in total. The van der Waals surface area contributed by atoms with Crippen molar-refractivity contribution in [1.29, 1.82) is 0 Å². The number of amides is 2. The number of nitrogens with one attached hydrogen (secondary N) is 1. The number of aromatic nitrogens is 1. The van der Waals surface area contributed by atoms with Crippen molar-refractivity contribution in [2.75, 3.05) is 19.7 Å². The second kappa shape index (κ2) is 7.61. The molecule has 0 bridgehead atoms. The fourth-order valence-electron chi connectivity index (χ4n) is 1.73. The van der Waals surface area contributed by atoms with Gasteiger partial charge in [0.1, 0.15) is 6.26 Å². The Hall–Kier alpha value is -2.12. The molecule has 0 aliphatic heterocycles. The Kier molecular flexibility index (Phi) is 5.53. The van der Waals surface area contributed by atoms with Gasteiger partial charge in [-0.25, -0.2) is 9.78 Å². The van der Waals surface area contributed by atoms with E-state index in [1.54, 1.807) is 17.4 Å². The van der Waals surface area contributed by atoms with E-state index in [-0.39, 0.29) is 25.7 Å². The van der Waals surface area contributed by atoms with Crippen LogP contribution >= 0.6 is 11.3 Å². The molecule has 2 N–H and O–H groups in total. The second-order valence-electron chi connectivity index (χ2n) is 4.24. The lowest BCUT2D eigenvalue weighted by Crippen LogP contribution is -2.41. The highest BCUT2D eigenvalue weighted by Gasteiger charge is 2.12. The summed E-state index contributed by atoms with van der Waals surface area (Å²) in [5.74, 6) is 0.549. The first-order valence-electron chi connectivity index (χ1n) is 6.47. The molecular formula is C14H17N3O3S. The van der Waals surface area contributed by atoms with Gasteiger partial charge in [0.25, 0.3) is 0 Å². The van der Waals surface area contributed by atoms with Gasteiger partial charge in [-0.15, -0.1) is 17.9 Å². The number of carbonyl (C=O) groups excluding carboxylic acids is 1. The molecule has 0 radical (unpaired) electrons. The molecule has 2 aromatic heterocycles. The van der Waals surface area contributed by atoms with Crippen LogP contribution in [0.2, 0.25) is 0 Å². The fraction of sp³-hybridized carbons (Fsp3) is 0.286. The number of nitrogens with zero attached hydrogens (tertiary/aromatic N) is 2. The van der Waals surface area contributed by atoms with Crippen LogP contribution in [0.4, 0.5) is 4.79 Å². The molecule has 112 valence electrons. The zero-order valence-corrected chi connectivity index (χ0v) is 12.3. The van der Waals surface area contributed by atoms with Crippen LogP contribution in [0.15, 0.2) is 40.8 Å². The number of hydrogen-bond donors (Lipinski definition) is 2. The maximum Gasteiger partial charge on any atom is 0.318 e. The summed E-state index contributed by atoms with van der Waals surface area (Å²) in [5, 5.41) is 13.6. The van der Waals surface area contributed by atoms with E-state index in [1.807, 2.05) is 17.5 Å². The molecule has 0 aliphatic carbocycles. The smallest absolute Gasteiger partial charge is 0.318 e. The van der Waals surface area contributed by atoms with Crippen LogP contribution in [-0.4, -0.2) is 40.7 Å². The first-order valence-corrected chi connectivity index (χ1v) is 7.35.